The van der Waals surface area contributed by atoms with E-state index in [1.165, 1.54) is 0 Å². The van der Waals surface area contributed by atoms with Crippen LogP contribution in [0.5, 0.6) is 0 Å². The Morgan fingerprint density at radius 3 is 2.69 bits per heavy atom. The Hall–Kier alpha value is -0.670. The molecule has 2 nitrogen and oxygen atoms in total. The molecule has 0 saturated carbocycles. The molecule has 0 aliphatic rings. The minimum Gasteiger partial charge on any atom is -0.398 e. The summed E-state index contributed by atoms with van der Waals surface area (Å²) in [6.45, 7) is 1.84. The highest BCUT2D eigenvalue weighted by atomic mass is 35.5. The second-order valence-corrected chi connectivity index (χ2v) is 3.81. The van der Waals surface area contributed by atoms with Crippen molar-refractivity contribution in [2.75, 3.05) is 12.0 Å². The Morgan fingerprint density at radius 1 is 1.54 bits per heavy atom. The maximum absolute atomic E-state index is 11.4. The van der Waals surface area contributed by atoms with Crippen molar-refractivity contribution in [3.63, 3.8) is 0 Å². The lowest BCUT2D eigenvalue weighted by Crippen LogP contribution is -2.00. The van der Waals surface area contributed by atoms with Gasteiger partial charge in [0.15, 0.2) is 0 Å². The average Bonchev–Trinajstić information content (AvgIpc) is 2.12. The second kappa shape index (κ2) is 4.03. The van der Waals surface area contributed by atoms with E-state index in [-0.39, 0.29) is 5.12 Å². The summed E-state index contributed by atoms with van der Waals surface area (Å²) in [4.78, 5) is 11.4. The summed E-state index contributed by atoms with van der Waals surface area (Å²) in [5, 5.41) is 0.314. The number of rotatable bonds is 1. The largest absolute Gasteiger partial charge is 0.398 e. The number of carbonyl (C=O) groups is 1. The van der Waals surface area contributed by atoms with Gasteiger partial charge < -0.3 is 5.73 Å². The molecule has 0 atom stereocenters. The molecule has 0 fully saturated rings. The summed E-state index contributed by atoms with van der Waals surface area (Å²) in [5.41, 5.74) is 7.42. The van der Waals surface area contributed by atoms with Gasteiger partial charge in [-0.3, -0.25) is 4.79 Å². The number of hydrogen-bond acceptors (Lipinski definition) is 3. The van der Waals surface area contributed by atoms with Gasteiger partial charge in [0.2, 0.25) is 5.12 Å². The van der Waals surface area contributed by atoms with Gasteiger partial charge in [0.1, 0.15) is 0 Å². The highest BCUT2D eigenvalue weighted by molar-refractivity contribution is 8.13. The lowest BCUT2D eigenvalue weighted by atomic mass is 10.1. The number of hydrogen-bond donors (Lipinski definition) is 1. The molecule has 0 spiro atoms. The lowest BCUT2D eigenvalue weighted by Gasteiger charge is -2.07. The van der Waals surface area contributed by atoms with E-state index in [1.54, 1.807) is 18.4 Å². The van der Waals surface area contributed by atoms with Gasteiger partial charge in [0.05, 0.1) is 16.3 Å². The molecule has 0 aromatic heterocycles. The first-order valence-electron chi connectivity index (χ1n) is 3.70. The third kappa shape index (κ3) is 1.98. The summed E-state index contributed by atoms with van der Waals surface area (Å²) in [6, 6.07) is 3.50. The molecule has 0 bridgehead atoms. The van der Waals surface area contributed by atoms with Crippen molar-refractivity contribution in [3.8, 4) is 0 Å². The highest BCUT2D eigenvalue weighted by Crippen LogP contribution is 2.28. The smallest absolute Gasteiger partial charge is 0.220 e. The molecule has 1 rings (SSSR count). The van der Waals surface area contributed by atoms with Crippen LogP contribution < -0.4 is 5.73 Å². The van der Waals surface area contributed by atoms with Crippen molar-refractivity contribution in [1.82, 2.24) is 0 Å². The van der Waals surface area contributed by atoms with Gasteiger partial charge in [-0.05, 0) is 24.8 Å². The first kappa shape index (κ1) is 10.4. The van der Waals surface area contributed by atoms with Crippen LogP contribution in [0.3, 0.4) is 0 Å². The molecule has 13 heavy (non-hydrogen) atoms. The van der Waals surface area contributed by atoms with Gasteiger partial charge in [0, 0.05) is 0 Å². The Bertz CT molecular complexity index is 352. The number of aryl methyl sites for hydroxylation is 1. The number of nitrogen functional groups attached to an aromatic ring is 1. The Balaban J connectivity index is 3.33. The van der Waals surface area contributed by atoms with E-state index in [0.29, 0.717) is 16.3 Å². The van der Waals surface area contributed by atoms with E-state index < -0.39 is 0 Å². The molecule has 0 aliphatic heterocycles. The van der Waals surface area contributed by atoms with Crippen molar-refractivity contribution in [1.29, 1.82) is 0 Å². The molecule has 1 aromatic carbocycles. The van der Waals surface area contributed by atoms with Crippen LogP contribution in [0.4, 0.5) is 5.69 Å². The molecule has 0 aliphatic carbocycles. The highest BCUT2D eigenvalue weighted by Gasteiger charge is 2.14. The number of carbonyl (C=O) groups excluding carboxylic acids is 1. The molecule has 4 heteroatoms. The Morgan fingerprint density at radius 2 is 2.15 bits per heavy atom. The number of nitrogens with two attached hydrogens (primary N) is 1. The lowest BCUT2D eigenvalue weighted by molar-refractivity contribution is 0.108. The monoisotopic (exact) mass is 215 g/mol. The van der Waals surface area contributed by atoms with E-state index in [0.717, 1.165) is 17.3 Å². The fraction of sp³-hybridized carbons (Fsp3) is 0.222. The molecule has 70 valence electrons. The quantitative estimate of drug-likeness (QED) is 0.733. The summed E-state index contributed by atoms with van der Waals surface area (Å²) in [6.07, 6.45) is 1.72. The van der Waals surface area contributed by atoms with Crippen LogP contribution in [-0.2, 0) is 0 Å². The van der Waals surface area contributed by atoms with Crippen LogP contribution in [0.25, 0.3) is 0 Å². The standard InChI is InChI=1S/C9H10ClNOS/c1-5-3-4-6(11)8(10)7(5)9(12)13-2/h3-4H,11H2,1-2H3. The summed E-state index contributed by atoms with van der Waals surface area (Å²) in [7, 11) is 0. The zero-order chi connectivity index (χ0) is 10.0. The number of anilines is 1. The van der Waals surface area contributed by atoms with Crippen LogP contribution in [0, 0.1) is 6.92 Å². The third-order valence-corrected chi connectivity index (χ3v) is 2.75. The minimum absolute atomic E-state index is 0.0465. The predicted octanol–water partition coefficient (Wildman–Crippen LogP) is 2.73. The van der Waals surface area contributed by atoms with Gasteiger partial charge >= 0.3 is 0 Å². The molecule has 1 aromatic rings. The van der Waals surface area contributed by atoms with Crippen LogP contribution in [0.1, 0.15) is 15.9 Å². The van der Waals surface area contributed by atoms with E-state index in [1.807, 2.05) is 6.92 Å². The van der Waals surface area contributed by atoms with Crippen molar-refractivity contribution >= 4 is 34.2 Å². The van der Waals surface area contributed by atoms with Gasteiger partial charge in [-0.2, -0.15) is 0 Å². The zero-order valence-electron chi connectivity index (χ0n) is 7.43. The maximum Gasteiger partial charge on any atom is 0.220 e. The molecule has 0 amide bonds. The van der Waals surface area contributed by atoms with E-state index in [2.05, 4.69) is 0 Å². The summed E-state index contributed by atoms with van der Waals surface area (Å²) in [5.74, 6) is 0. The van der Waals surface area contributed by atoms with Crippen LogP contribution in [0.15, 0.2) is 12.1 Å². The van der Waals surface area contributed by atoms with Crippen LogP contribution >= 0.6 is 23.4 Å². The normalized spacial score (nSPS) is 10.1. The zero-order valence-corrected chi connectivity index (χ0v) is 9.00. The van der Waals surface area contributed by atoms with Crippen LogP contribution in [-0.4, -0.2) is 11.4 Å². The van der Waals surface area contributed by atoms with Crippen molar-refractivity contribution in [2.24, 2.45) is 0 Å². The van der Waals surface area contributed by atoms with Gasteiger partial charge in [0.25, 0.3) is 0 Å². The third-order valence-electron chi connectivity index (χ3n) is 1.77. The van der Waals surface area contributed by atoms with Crippen molar-refractivity contribution < 1.29 is 4.79 Å². The van der Waals surface area contributed by atoms with Crippen molar-refractivity contribution in [3.05, 3.63) is 28.3 Å². The fourth-order valence-electron chi connectivity index (χ4n) is 1.04. The Labute approximate surface area is 86.5 Å². The molecule has 0 saturated heterocycles. The van der Waals surface area contributed by atoms with E-state index >= 15 is 0 Å². The minimum atomic E-state index is -0.0465. The SMILES string of the molecule is CSC(=O)c1c(C)ccc(N)c1Cl. The molecule has 0 heterocycles. The first-order valence-corrected chi connectivity index (χ1v) is 5.31. The molecule has 0 unspecified atom stereocenters. The summed E-state index contributed by atoms with van der Waals surface area (Å²) >= 11 is 7.05. The molecule has 2 N–H and O–H groups in total. The molecule has 0 radical (unpaired) electrons. The second-order valence-electron chi connectivity index (χ2n) is 2.65. The van der Waals surface area contributed by atoms with Crippen LogP contribution in [0.2, 0.25) is 5.02 Å². The van der Waals surface area contributed by atoms with Gasteiger partial charge in [-0.1, -0.05) is 29.4 Å². The molecular formula is C9H10ClNOS. The summed E-state index contributed by atoms with van der Waals surface area (Å²) < 4.78 is 0. The fourth-order valence-corrected chi connectivity index (χ4v) is 1.86. The topological polar surface area (TPSA) is 43.1 Å². The van der Waals surface area contributed by atoms with Gasteiger partial charge in [-0.15, -0.1) is 0 Å². The first-order chi connectivity index (χ1) is 6.07. The van der Waals surface area contributed by atoms with E-state index in [4.69, 9.17) is 17.3 Å². The average molecular weight is 216 g/mol. The molecular weight excluding hydrogens is 206 g/mol. The number of halogens is 1. The van der Waals surface area contributed by atoms with Crippen molar-refractivity contribution in [2.45, 2.75) is 6.92 Å². The number of benzene rings is 1. The Kier molecular flexibility index (Phi) is 3.22. The van der Waals surface area contributed by atoms with Gasteiger partial charge in [-0.25, -0.2) is 0 Å². The predicted molar refractivity (Wildman–Crippen MR) is 58.4 cm³/mol. The number of thioether (sulfide) groups is 1. The maximum atomic E-state index is 11.4. The van der Waals surface area contributed by atoms with E-state index in [9.17, 15) is 4.79 Å².